The molecule has 1 atom stereocenters. The fourth-order valence-electron chi connectivity index (χ4n) is 4.20. The van der Waals surface area contributed by atoms with E-state index in [0.29, 0.717) is 12.5 Å². The molecule has 0 spiro atoms. The lowest BCUT2D eigenvalue weighted by Gasteiger charge is -2.34. The van der Waals surface area contributed by atoms with Crippen LogP contribution in [0.5, 0.6) is 11.5 Å². The van der Waals surface area contributed by atoms with E-state index in [4.69, 9.17) is 9.47 Å². The topological polar surface area (TPSA) is 59.5 Å². The lowest BCUT2D eigenvalue weighted by molar-refractivity contribution is 0.0894. The van der Waals surface area contributed by atoms with Gasteiger partial charge in [-0.1, -0.05) is 24.3 Å². The van der Waals surface area contributed by atoms with Crippen LogP contribution in [0.1, 0.15) is 12.8 Å². The van der Waals surface area contributed by atoms with Crippen molar-refractivity contribution in [2.45, 2.75) is 18.9 Å². The van der Waals surface area contributed by atoms with Gasteiger partial charge in [-0.25, -0.2) is 9.97 Å². The second-order valence-electron chi connectivity index (χ2n) is 7.80. The first-order valence-electron chi connectivity index (χ1n) is 10.4. The highest BCUT2D eigenvalue weighted by Crippen LogP contribution is 2.31. The predicted octanol–water partition coefficient (Wildman–Crippen LogP) is 4.12. The number of ether oxygens (including phenoxy) is 2. The SMILES string of the molecule is Cl.Cl.c1ccc2c(c1)OCC(CNCC1CCN(c3ncnc4ccccc34)CC1)O2. The predicted molar refractivity (Wildman–Crippen MR) is 128 cm³/mol. The van der Waals surface area contributed by atoms with Gasteiger partial charge in [-0.05, 0) is 49.6 Å². The van der Waals surface area contributed by atoms with Crippen LogP contribution in [-0.4, -0.2) is 48.9 Å². The maximum absolute atomic E-state index is 6.03. The van der Waals surface area contributed by atoms with Crippen molar-refractivity contribution in [1.82, 2.24) is 15.3 Å². The number of nitrogens with zero attached hydrogens (tertiary/aromatic N) is 3. The molecule has 3 aromatic rings. The highest BCUT2D eigenvalue weighted by molar-refractivity contribution is 5.89. The van der Waals surface area contributed by atoms with E-state index in [1.165, 1.54) is 0 Å². The van der Waals surface area contributed by atoms with Gasteiger partial charge in [0.2, 0.25) is 0 Å². The fourth-order valence-corrected chi connectivity index (χ4v) is 4.20. The molecule has 8 heteroatoms. The zero-order valence-corrected chi connectivity index (χ0v) is 18.9. The number of piperidine rings is 1. The summed E-state index contributed by atoms with van der Waals surface area (Å²) in [6.45, 7) is 4.49. The van der Waals surface area contributed by atoms with E-state index >= 15 is 0 Å². The molecule has 2 aliphatic heterocycles. The van der Waals surface area contributed by atoms with Gasteiger partial charge < -0.3 is 19.7 Å². The molecule has 3 heterocycles. The highest BCUT2D eigenvalue weighted by atomic mass is 35.5. The number of anilines is 1. The van der Waals surface area contributed by atoms with Gasteiger partial charge in [0.15, 0.2) is 11.5 Å². The summed E-state index contributed by atoms with van der Waals surface area (Å²) in [5.74, 6) is 3.42. The minimum Gasteiger partial charge on any atom is -0.486 e. The van der Waals surface area contributed by atoms with Gasteiger partial charge >= 0.3 is 0 Å². The lowest BCUT2D eigenvalue weighted by Crippen LogP contribution is -2.42. The summed E-state index contributed by atoms with van der Waals surface area (Å²) in [5, 5.41) is 4.73. The molecule has 0 amide bonds. The molecule has 2 aliphatic rings. The Kier molecular flexibility index (Phi) is 8.18. The molecule has 5 rings (SSSR count). The van der Waals surface area contributed by atoms with E-state index < -0.39 is 0 Å². The Morgan fingerprint density at radius 3 is 2.48 bits per heavy atom. The Morgan fingerprint density at radius 1 is 0.903 bits per heavy atom. The van der Waals surface area contributed by atoms with Crippen LogP contribution in [0.4, 0.5) is 5.82 Å². The maximum Gasteiger partial charge on any atom is 0.161 e. The van der Waals surface area contributed by atoms with Crippen molar-refractivity contribution in [3.63, 3.8) is 0 Å². The number of benzene rings is 2. The third kappa shape index (κ3) is 5.32. The summed E-state index contributed by atoms with van der Waals surface area (Å²) >= 11 is 0. The van der Waals surface area contributed by atoms with Gasteiger partial charge in [0.25, 0.3) is 0 Å². The number of rotatable bonds is 5. The number of aromatic nitrogens is 2. The highest BCUT2D eigenvalue weighted by Gasteiger charge is 2.23. The molecule has 166 valence electrons. The largest absolute Gasteiger partial charge is 0.486 e. The molecule has 1 saturated heterocycles. The molecule has 1 unspecified atom stereocenters. The van der Waals surface area contributed by atoms with Crippen LogP contribution in [-0.2, 0) is 0 Å². The number of hydrogen-bond acceptors (Lipinski definition) is 6. The van der Waals surface area contributed by atoms with Gasteiger partial charge in [-0.15, -0.1) is 24.8 Å². The van der Waals surface area contributed by atoms with Crippen LogP contribution in [0, 0.1) is 5.92 Å². The monoisotopic (exact) mass is 462 g/mol. The molecule has 1 aromatic heterocycles. The zero-order chi connectivity index (χ0) is 19.5. The molecule has 31 heavy (non-hydrogen) atoms. The minimum atomic E-state index is 0. The van der Waals surface area contributed by atoms with Crippen LogP contribution in [0.2, 0.25) is 0 Å². The van der Waals surface area contributed by atoms with E-state index in [2.05, 4.69) is 32.3 Å². The molecule has 0 radical (unpaired) electrons. The van der Waals surface area contributed by atoms with Crippen molar-refractivity contribution >= 4 is 41.5 Å². The zero-order valence-electron chi connectivity index (χ0n) is 17.3. The van der Waals surface area contributed by atoms with Crippen LogP contribution in [0.25, 0.3) is 10.9 Å². The van der Waals surface area contributed by atoms with E-state index in [0.717, 1.165) is 67.2 Å². The average Bonchev–Trinajstić information content (AvgIpc) is 2.79. The van der Waals surface area contributed by atoms with E-state index in [1.54, 1.807) is 6.33 Å². The standard InChI is InChI=1S/C23H26N4O2.2ClH/c1-2-6-20-19(5-1)23(26-16-25-20)27-11-9-17(10-12-27)13-24-14-18-15-28-21-7-3-4-8-22(21)29-18;;/h1-8,16-18,24H,9-15H2;2*1H. The molecular formula is C23H28Cl2N4O2. The van der Waals surface area contributed by atoms with Gasteiger partial charge in [0, 0.05) is 25.0 Å². The van der Waals surface area contributed by atoms with Crippen molar-refractivity contribution in [3.8, 4) is 11.5 Å². The Morgan fingerprint density at radius 2 is 1.65 bits per heavy atom. The van der Waals surface area contributed by atoms with Crippen molar-refractivity contribution in [3.05, 3.63) is 54.9 Å². The Balaban J connectivity index is 0.00000136. The Bertz CT molecular complexity index is 977. The molecule has 0 saturated carbocycles. The first-order valence-corrected chi connectivity index (χ1v) is 10.4. The smallest absolute Gasteiger partial charge is 0.161 e. The van der Waals surface area contributed by atoms with E-state index in [9.17, 15) is 0 Å². The fraction of sp³-hybridized carbons (Fsp3) is 0.391. The second kappa shape index (κ2) is 10.8. The first kappa shape index (κ1) is 23.4. The molecule has 6 nitrogen and oxygen atoms in total. The third-order valence-corrected chi connectivity index (χ3v) is 5.81. The van der Waals surface area contributed by atoms with E-state index in [-0.39, 0.29) is 30.9 Å². The third-order valence-electron chi connectivity index (χ3n) is 5.81. The molecule has 2 aromatic carbocycles. The number of hydrogen-bond donors (Lipinski definition) is 1. The summed E-state index contributed by atoms with van der Waals surface area (Å²) in [5.41, 5.74) is 1.01. The molecular weight excluding hydrogens is 435 g/mol. The van der Waals surface area contributed by atoms with Gasteiger partial charge in [-0.3, -0.25) is 0 Å². The van der Waals surface area contributed by atoms with Gasteiger partial charge in [-0.2, -0.15) is 0 Å². The molecule has 1 N–H and O–H groups in total. The lowest BCUT2D eigenvalue weighted by atomic mass is 9.96. The van der Waals surface area contributed by atoms with Crippen molar-refractivity contribution in [2.75, 3.05) is 37.7 Å². The molecule has 0 bridgehead atoms. The summed E-state index contributed by atoms with van der Waals surface area (Å²) in [6, 6.07) is 16.1. The summed E-state index contributed by atoms with van der Waals surface area (Å²) in [4.78, 5) is 11.3. The number of para-hydroxylation sites is 3. The number of nitrogens with one attached hydrogen (secondary N) is 1. The molecule has 1 fully saturated rings. The summed E-state index contributed by atoms with van der Waals surface area (Å²) in [6.07, 6.45) is 4.07. The number of fused-ring (bicyclic) bond motifs is 2. The van der Waals surface area contributed by atoms with Crippen LogP contribution < -0.4 is 19.7 Å². The average molecular weight is 463 g/mol. The van der Waals surface area contributed by atoms with Crippen LogP contribution in [0.3, 0.4) is 0 Å². The normalized spacial score (nSPS) is 18.2. The summed E-state index contributed by atoms with van der Waals surface area (Å²) < 4.78 is 11.8. The first-order chi connectivity index (χ1) is 14.4. The number of halogens is 2. The van der Waals surface area contributed by atoms with Crippen LogP contribution >= 0.6 is 24.8 Å². The molecule has 0 aliphatic carbocycles. The minimum absolute atomic E-state index is 0. The Labute approximate surface area is 195 Å². The summed E-state index contributed by atoms with van der Waals surface area (Å²) in [7, 11) is 0. The van der Waals surface area contributed by atoms with E-state index in [1.807, 2.05) is 36.4 Å². The quantitative estimate of drug-likeness (QED) is 0.615. The van der Waals surface area contributed by atoms with Crippen molar-refractivity contribution in [2.24, 2.45) is 5.92 Å². The second-order valence-corrected chi connectivity index (χ2v) is 7.80. The Hall–Kier alpha value is -2.28. The maximum atomic E-state index is 6.03. The van der Waals surface area contributed by atoms with Crippen molar-refractivity contribution in [1.29, 1.82) is 0 Å². The van der Waals surface area contributed by atoms with Crippen LogP contribution in [0.15, 0.2) is 54.9 Å². The van der Waals surface area contributed by atoms with Gasteiger partial charge in [0.1, 0.15) is 24.9 Å². The van der Waals surface area contributed by atoms with Gasteiger partial charge in [0.05, 0.1) is 5.52 Å². The van der Waals surface area contributed by atoms with Crippen molar-refractivity contribution < 1.29 is 9.47 Å².